The fourth-order valence-electron chi connectivity index (χ4n) is 3.21. The minimum absolute atomic E-state index is 0.0262. The smallest absolute Gasteiger partial charge is 0.310 e. The highest BCUT2D eigenvalue weighted by atomic mass is 35.5. The quantitative estimate of drug-likeness (QED) is 0.765. The zero-order valence-electron chi connectivity index (χ0n) is 14.3. The van der Waals surface area contributed by atoms with Gasteiger partial charge in [0.2, 0.25) is 5.91 Å². The minimum Gasteiger partial charge on any atom is -0.486 e. The molecule has 0 spiro atoms. The number of carbonyl (C=O) groups excluding carboxylic acids is 2. The van der Waals surface area contributed by atoms with Crippen LogP contribution in [0.25, 0.3) is 0 Å². The van der Waals surface area contributed by atoms with Crippen LogP contribution in [0.2, 0.25) is 5.02 Å². The summed E-state index contributed by atoms with van der Waals surface area (Å²) in [6.07, 6.45) is 1.78. The molecule has 1 amide bonds. The Hall–Kier alpha value is -1.95. The van der Waals surface area contributed by atoms with Gasteiger partial charge < -0.3 is 19.1 Å². The maximum absolute atomic E-state index is 12.6. The molecule has 0 N–H and O–H groups in total. The second kappa shape index (κ2) is 7.95. The van der Waals surface area contributed by atoms with Crippen molar-refractivity contribution >= 4 is 23.5 Å². The lowest BCUT2D eigenvalue weighted by atomic mass is 9.97. The van der Waals surface area contributed by atoms with Gasteiger partial charge in [-0.1, -0.05) is 11.6 Å². The van der Waals surface area contributed by atoms with Crippen molar-refractivity contribution in [3.63, 3.8) is 0 Å². The fourth-order valence-corrected chi connectivity index (χ4v) is 3.50. The number of piperidine rings is 1. The number of rotatable bonds is 4. The Balaban J connectivity index is 1.65. The molecule has 6 nitrogen and oxygen atoms in total. The molecule has 0 unspecified atom stereocenters. The van der Waals surface area contributed by atoms with Crippen LogP contribution in [0.1, 0.15) is 25.3 Å². The molecule has 0 radical (unpaired) electrons. The number of nitrogens with zero attached hydrogens (tertiary/aromatic N) is 1. The Morgan fingerprint density at radius 1 is 1.32 bits per heavy atom. The van der Waals surface area contributed by atoms with Crippen molar-refractivity contribution in [3.05, 3.63) is 22.7 Å². The first-order valence-corrected chi connectivity index (χ1v) is 8.98. The summed E-state index contributed by atoms with van der Waals surface area (Å²) in [5.74, 6) is 0.625. The molecule has 1 saturated heterocycles. The topological polar surface area (TPSA) is 65.1 Å². The molecule has 1 aromatic rings. The first kappa shape index (κ1) is 17.9. The molecule has 1 aromatic carbocycles. The van der Waals surface area contributed by atoms with E-state index < -0.39 is 0 Å². The number of hydrogen-bond donors (Lipinski definition) is 0. The van der Waals surface area contributed by atoms with Gasteiger partial charge in [0.1, 0.15) is 13.2 Å². The van der Waals surface area contributed by atoms with E-state index in [0.717, 1.165) is 18.4 Å². The van der Waals surface area contributed by atoms with Gasteiger partial charge in [0, 0.05) is 13.1 Å². The van der Waals surface area contributed by atoms with Gasteiger partial charge in [-0.25, -0.2) is 0 Å². The Kier molecular flexibility index (Phi) is 5.68. The number of hydrogen-bond acceptors (Lipinski definition) is 5. The molecule has 0 saturated carbocycles. The third kappa shape index (κ3) is 4.18. The van der Waals surface area contributed by atoms with Crippen LogP contribution < -0.4 is 9.47 Å². The molecular weight excluding hydrogens is 346 g/mol. The van der Waals surface area contributed by atoms with Crippen molar-refractivity contribution in [2.45, 2.75) is 26.2 Å². The number of fused-ring (bicyclic) bond motifs is 1. The minimum atomic E-state index is -0.235. The predicted molar refractivity (Wildman–Crippen MR) is 92.1 cm³/mol. The van der Waals surface area contributed by atoms with E-state index in [-0.39, 0.29) is 24.2 Å². The van der Waals surface area contributed by atoms with E-state index in [4.69, 9.17) is 25.8 Å². The number of esters is 1. The van der Waals surface area contributed by atoms with Crippen molar-refractivity contribution in [1.29, 1.82) is 0 Å². The molecule has 1 fully saturated rings. The van der Waals surface area contributed by atoms with Crippen molar-refractivity contribution in [2.75, 3.05) is 32.9 Å². The second-order valence-electron chi connectivity index (χ2n) is 6.21. The van der Waals surface area contributed by atoms with Crippen molar-refractivity contribution in [3.8, 4) is 11.5 Å². The molecule has 7 heteroatoms. The van der Waals surface area contributed by atoms with Gasteiger partial charge in [0.25, 0.3) is 0 Å². The van der Waals surface area contributed by atoms with E-state index in [9.17, 15) is 9.59 Å². The summed E-state index contributed by atoms with van der Waals surface area (Å²) in [7, 11) is 0. The highest BCUT2D eigenvalue weighted by Gasteiger charge is 2.29. The van der Waals surface area contributed by atoms with E-state index >= 15 is 0 Å². The normalized spacial score (nSPS) is 19.4. The van der Waals surface area contributed by atoms with Crippen molar-refractivity contribution in [1.82, 2.24) is 4.90 Å². The van der Waals surface area contributed by atoms with Gasteiger partial charge >= 0.3 is 5.97 Å². The first-order chi connectivity index (χ1) is 12.1. The van der Waals surface area contributed by atoms with Crippen molar-refractivity contribution < 1.29 is 23.8 Å². The van der Waals surface area contributed by atoms with Crippen LogP contribution in [0.3, 0.4) is 0 Å². The molecule has 0 bridgehead atoms. The number of ether oxygens (including phenoxy) is 3. The Labute approximate surface area is 152 Å². The van der Waals surface area contributed by atoms with Crippen LogP contribution in [-0.4, -0.2) is 49.7 Å². The molecule has 3 rings (SSSR count). The van der Waals surface area contributed by atoms with E-state index in [1.54, 1.807) is 24.0 Å². The standard InChI is InChI=1S/C18H22ClNO5/c1-2-23-18(22)13-4-3-5-20(11-13)16(21)10-12-8-14(19)17-15(9-12)24-6-7-25-17/h8-9,13H,2-7,10-11H2,1H3/t13-/m0/s1. The van der Waals surface area contributed by atoms with Gasteiger partial charge in [-0.3, -0.25) is 9.59 Å². The third-order valence-corrected chi connectivity index (χ3v) is 4.69. The molecule has 1 atom stereocenters. The van der Waals surface area contributed by atoms with E-state index in [1.807, 2.05) is 0 Å². The molecule has 2 aliphatic heterocycles. The SMILES string of the molecule is CCOC(=O)[C@H]1CCCN(C(=O)Cc2cc(Cl)c3c(c2)OCCO3)C1. The molecule has 2 heterocycles. The summed E-state index contributed by atoms with van der Waals surface area (Å²) in [6, 6.07) is 3.53. The van der Waals surface area contributed by atoms with Crippen LogP contribution in [-0.2, 0) is 20.7 Å². The zero-order chi connectivity index (χ0) is 17.8. The van der Waals surface area contributed by atoms with Gasteiger partial charge in [-0.15, -0.1) is 0 Å². The lowest BCUT2D eigenvalue weighted by molar-refractivity contribution is -0.151. The predicted octanol–water partition coefficient (Wildman–Crippen LogP) is 2.46. The molecule has 136 valence electrons. The maximum atomic E-state index is 12.6. The number of likely N-dealkylation sites (tertiary alicyclic amines) is 1. The first-order valence-electron chi connectivity index (χ1n) is 8.61. The highest BCUT2D eigenvalue weighted by Crippen LogP contribution is 2.38. The van der Waals surface area contributed by atoms with E-state index in [2.05, 4.69) is 0 Å². The van der Waals surface area contributed by atoms with E-state index in [0.29, 0.717) is 49.4 Å². The molecule has 2 aliphatic rings. The number of amides is 1. The number of carbonyl (C=O) groups is 2. The van der Waals surface area contributed by atoms with Gasteiger partial charge in [0.05, 0.1) is 24.0 Å². The second-order valence-corrected chi connectivity index (χ2v) is 6.62. The lowest BCUT2D eigenvalue weighted by Gasteiger charge is -2.31. The van der Waals surface area contributed by atoms with Crippen LogP contribution >= 0.6 is 11.6 Å². The Morgan fingerprint density at radius 2 is 2.12 bits per heavy atom. The number of halogens is 1. The largest absolute Gasteiger partial charge is 0.486 e. The third-order valence-electron chi connectivity index (χ3n) is 4.41. The summed E-state index contributed by atoms with van der Waals surface area (Å²) in [5, 5.41) is 0.447. The van der Waals surface area contributed by atoms with Crippen LogP contribution in [0, 0.1) is 5.92 Å². The van der Waals surface area contributed by atoms with E-state index in [1.165, 1.54) is 0 Å². The van der Waals surface area contributed by atoms with Gasteiger partial charge in [-0.05, 0) is 37.5 Å². The molecule has 0 aromatic heterocycles. The highest BCUT2D eigenvalue weighted by molar-refractivity contribution is 6.32. The average Bonchev–Trinajstić information content (AvgIpc) is 2.62. The van der Waals surface area contributed by atoms with Gasteiger partial charge in [0.15, 0.2) is 11.5 Å². The fraction of sp³-hybridized carbons (Fsp3) is 0.556. The summed E-state index contributed by atoms with van der Waals surface area (Å²) in [4.78, 5) is 26.3. The maximum Gasteiger partial charge on any atom is 0.310 e. The summed E-state index contributed by atoms with van der Waals surface area (Å²) in [5.41, 5.74) is 0.775. The monoisotopic (exact) mass is 367 g/mol. The van der Waals surface area contributed by atoms with Crippen LogP contribution in [0.5, 0.6) is 11.5 Å². The van der Waals surface area contributed by atoms with Crippen molar-refractivity contribution in [2.24, 2.45) is 5.92 Å². The summed E-state index contributed by atoms with van der Waals surface area (Å²) >= 11 is 6.22. The molecule has 0 aliphatic carbocycles. The summed E-state index contributed by atoms with van der Waals surface area (Å²) in [6.45, 7) is 4.15. The van der Waals surface area contributed by atoms with Crippen LogP contribution in [0.4, 0.5) is 0 Å². The average molecular weight is 368 g/mol. The van der Waals surface area contributed by atoms with Crippen LogP contribution in [0.15, 0.2) is 12.1 Å². The lowest BCUT2D eigenvalue weighted by Crippen LogP contribution is -2.43. The number of benzene rings is 1. The Bertz CT molecular complexity index is 663. The Morgan fingerprint density at radius 3 is 2.92 bits per heavy atom. The zero-order valence-corrected chi connectivity index (χ0v) is 15.0. The molecule has 25 heavy (non-hydrogen) atoms. The molecular formula is C18H22ClNO5. The summed E-state index contributed by atoms with van der Waals surface area (Å²) < 4.78 is 16.1. The van der Waals surface area contributed by atoms with Gasteiger partial charge in [-0.2, -0.15) is 0 Å².